The van der Waals surface area contributed by atoms with Crippen LogP contribution < -0.4 is 21.3 Å². The third-order valence-electron chi connectivity index (χ3n) is 13.3. The van der Waals surface area contributed by atoms with E-state index < -0.39 is 40.2 Å². The molecule has 77 heavy (non-hydrogen) atoms. The van der Waals surface area contributed by atoms with Gasteiger partial charge in [0.15, 0.2) is 0 Å². The number of carbonyl (C=O) groups is 7. The Bertz CT molecular complexity index is 2720. The summed E-state index contributed by atoms with van der Waals surface area (Å²) in [4.78, 5) is 94.7. The average Bonchev–Trinajstić information content (AvgIpc) is 3.33. The molecule has 0 saturated heterocycles. The lowest BCUT2D eigenvalue weighted by atomic mass is 9.72. The number of nitrogens with one attached hydrogen (secondary N) is 4. The zero-order chi connectivity index (χ0) is 57.6. The van der Waals surface area contributed by atoms with Crippen molar-refractivity contribution in [3.05, 3.63) is 141 Å². The number of amides is 3. The first-order chi connectivity index (χ1) is 35.7. The van der Waals surface area contributed by atoms with E-state index >= 15 is 0 Å². The van der Waals surface area contributed by atoms with Crippen LogP contribution in [0.15, 0.2) is 84.9 Å². The molecule has 0 aliphatic carbocycles. The second kappa shape index (κ2) is 26.8. The van der Waals surface area contributed by atoms with Crippen molar-refractivity contribution >= 4 is 53.2 Å². The van der Waals surface area contributed by atoms with Crippen molar-refractivity contribution < 1.29 is 54.0 Å². The summed E-state index contributed by atoms with van der Waals surface area (Å²) in [7, 11) is 0. The number of benzene rings is 2. The number of halogens is 1. The summed E-state index contributed by atoms with van der Waals surface area (Å²) < 4.78 is 0. The number of carboxylic acid groups (broad SMARTS) is 4. The molecular weight excluding hydrogens is 1010 g/mol. The second-order valence-corrected chi connectivity index (χ2v) is 23.5. The van der Waals surface area contributed by atoms with Crippen molar-refractivity contribution in [2.45, 2.75) is 129 Å². The molecule has 0 fully saturated rings. The number of carbonyl (C=O) groups excluding carboxylic acids is 3. The Hall–Kier alpha value is -7.02. The lowest BCUT2D eigenvalue weighted by molar-refractivity contribution is -0.119. The fourth-order valence-electron chi connectivity index (χ4n) is 9.05. The maximum atomic E-state index is 13.3. The number of aromatic carboxylic acids is 4. The number of alkyl halides is 1. The van der Waals surface area contributed by atoms with Gasteiger partial charge in [0.1, 0.15) is 22.8 Å². The van der Waals surface area contributed by atoms with Crippen molar-refractivity contribution in [3.63, 3.8) is 0 Å². The van der Waals surface area contributed by atoms with Gasteiger partial charge in [-0.2, -0.15) is 0 Å². The molecule has 2 aromatic heterocycles. The Morgan fingerprint density at radius 2 is 1.08 bits per heavy atom. The Morgan fingerprint density at radius 3 is 1.53 bits per heavy atom. The molecule has 2 aromatic carbocycles. The number of hydrogen-bond donors (Lipinski definition) is 8. The van der Waals surface area contributed by atoms with Gasteiger partial charge in [0.2, 0.25) is 5.91 Å². The summed E-state index contributed by atoms with van der Waals surface area (Å²) in [5, 5.41) is 50.8. The topological polar surface area (TPSA) is 278 Å². The molecule has 2 heterocycles. The van der Waals surface area contributed by atoms with E-state index in [2.05, 4.69) is 70.4 Å². The molecule has 18 nitrogen and oxygen atoms in total. The molecule has 19 heteroatoms. The molecule has 0 radical (unpaired) electrons. The van der Waals surface area contributed by atoms with Crippen molar-refractivity contribution in [1.82, 2.24) is 36.1 Å². The second-order valence-electron chi connectivity index (χ2n) is 22.5. The Labute approximate surface area is 456 Å². The van der Waals surface area contributed by atoms with Gasteiger partial charge in [0, 0.05) is 77.8 Å². The van der Waals surface area contributed by atoms with E-state index in [0.717, 1.165) is 11.1 Å². The monoisotopic (exact) mass is 1080 g/mol. The lowest BCUT2D eigenvalue weighted by Gasteiger charge is -2.36. The Balaban J connectivity index is 1.29. The van der Waals surface area contributed by atoms with E-state index in [1.807, 2.05) is 58.9 Å². The normalized spacial score (nSPS) is 12.8. The predicted octanol–water partition coefficient (Wildman–Crippen LogP) is 8.46. The number of carboxylic acids is 4. The maximum absolute atomic E-state index is 13.3. The highest BCUT2D eigenvalue weighted by Gasteiger charge is 2.36. The van der Waals surface area contributed by atoms with Crippen LogP contribution in [0.25, 0.3) is 0 Å². The summed E-state index contributed by atoms with van der Waals surface area (Å²) in [6, 6.07) is 20.1. The van der Waals surface area contributed by atoms with E-state index in [0.29, 0.717) is 99.2 Å². The summed E-state index contributed by atoms with van der Waals surface area (Å²) in [5.41, 5.74) is 1.57. The van der Waals surface area contributed by atoms with Crippen molar-refractivity contribution in [2.24, 2.45) is 5.41 Å². The minimum atomic E-state index is -1.33. The van der Waals surface area contributed by atoms with Gasteiger partial charge in [-0.3, -0.25) is 19.3 Å². The molecule has 3 amide bonds. The smallest absolute Gasteiger partial charge is 0.354 e. The first kappa shape index (κ1) is 62.5. The molecule has 0 aliphatic rings. The van der Waals surface area contributed by atoms with Crippen LogP contribution in [-0.4, -0.2) is 132 Å². The number of nitrogens with zero attached hydrogens (tertiary/aromatic N) is 3. The molecule has 4 aromatic rings. The van der Waals surface area contributed by atoms with Crippen molar-refractivity contribution in [2.75, 3.05) is 39.3 Å². The van der Waals surface area contributed by atoms with Gasteiger partial charge in [-0.15, -0.1) is 11.6 Å². The molecule has 0 spiro atoms. The molecule has 416 valence electrons. The molecule has 4 rings (SSSR count). The lowest BCUT2D eigenvalue weighted by Crippen LogP contribution is -2.54. The van der Waals surface area contributed by atoms with Crippen molar-refractivity contribution in [3.8, 4) is 0 Å². The van der Waals surface area contributed by atoms with Crippen molar-refractivity contribution in [1.29, 1.82) is 0 Å². The van der Waals surface area contributed by atoms with E-state index in [9.17, 15) is 54.0 Å². The van der Waals surface area contributed by atoms with Crippen LogP contribution in [0.2, 0.25) is 0 Å². The van der Waals surface area contributed by atoms with Crippen LogP contribution in [0.5, 0.6) is 0 Å². The van der Waals surface area contributed by atoms with Gasteiger partial charge < -0.3 is 41.7 Å². The van der Waals surface area contributed by atoms with Gasteiger partial charge in [-0.05, 0) is 163 Å². The van der Waals surface area contributed by atoms with Crippen LogP contribution in [0.1, 0.15) is 185 Å². The van der Waals surface area contributed by atoms with Gasteiger partial charge in [0.25, 0.3) is 11.8 Å². The van der Waals surface area contributed by atoms with Crippen LogP contribution in [0.3, 0.4) is 0 Å². The molecule has 0 aliphatic heterocycles. The third kappa shape index (κ3) is 20.1. The average molecular weight is 1080 g/mol. The molecule has 0 saturated carbocycles. The first-order valence-electron chi connectivity index (χ1n) is 25.6. The van der Waals surface area contributed by atoms with Crippen LogP contribution in [-0.2, 0) is 17.6 Å². The quantitative estimate of drug-likeness (QED) is 0.0180. The highest BCUT2D eigenvalue weighted by molar-refractivity contribution is 6.24. The fraction of sp³-hybridized carbons (Fsp3) is 0.466. The molecule has 8 N–H and O–H groups in total. The highest BCUT2D eigenvalue weighted by atomic mass is 35.5. The number of aryl methyl sites for hydroxylation is 1. The van der Waals surface area contributed by atoms with Crippen LogP contribution in [0, 0.1) is 5.41 Å². The summed E-state index contributed by atoms with van der Waals surface area (Å²) >= 11 is 6.88. The zero-order valence-corrected chi connectivity index (χ0v) is 46.7. The zero-order valence-electron chi connectivity index (χ0n) is 45.9. The Kier molecular flexibility index (Phi) is 21.8. The minimum absolute atomic E-state index is 0.157. The minimum Gasteiger partial charge on any atom is -0.477 e. The third-order valence-corrected chi connectivity index (χ3v) is 13.6. The number of aromatic nitrogens is 2. The first-order valence-corrected chi connectivity index (χ1v) is 26.0. The SMILES string of the molecule is C=C(C)C(=O)NC(C)(C)CN(CCNC(=O)c1ccc(CCC(C)c2cc(C(=O)O)nc(C(=O)O)c2)cc1)CCNC(C)(C)CCNC(=O)c1ccc(CC(C)(C)CC(c2cc(C(=O)O)nc(C(=O)O)c2)C(C)(C)Cl)cc1. The summed E-state index contributed by atoms with van der Waals surface area (Å²) in [5.74, 6) is -6.57. The van der Waals surface area contributed by atoms with E-state index in [-0.39, 0.29) is 57.4 Å². The van der Waals surface area contributed by atoms with E-state index in [1.54, 1.807) is 31.2 Å². The number of pyridine rings is 2. The molecule has 2 atom stereocenters. The Morgan fingerprint density at radius 1 is 0.636 bits per heavy atom. The predicted molar refractivity (Wildman–Crippen MR) is 296 cm³/mol. The highest BCUT2D eigenvalue weighted by Crippen LogP contribution is 2.43. The van der Waals surface area contributed by atoms with Gasteiger partial charge >= 0.3 is 23.9 Å². The molecule has 0 bridgehead atoms. The van der Waals surface area contributed by atoms with Gasteiger partial charge in [-0.1, -0.05) is 51.6 Å². The van der Waals surface area contributed by atoms with E-state index in [4.69, 9.17) is 11.6 Å². The van der Waals surface area contributed by atoms with Crippen LogP contribution >= 0.6 is 11.6 Å². The van der Waals surface area contributed by atoms with Gasteiger partial charge in [0.05, 0.1) is 0 Å². The number of hydrogen-bond acceptors (Lipinski definition) is 11. The van der Waals surface area contributed by atoms with E-state index in [1.165, 1.54) is 24.3 Å². The molecular formula is C58H76ClN7O11. The molecule has 2 unspecified atom stereocenters. The largest absolute Gasteiger partial charge is 0.477 e. The number of rotatable bonds is 30. The summed E-state index contributed by atoms with van der Waals surface area (Å²) in [6.07, 6.45) is 2.92. The summed E-state index contributed by atoms with van der Waals surface area (Å²) in [6.45, 7) is 25.8. The maximum Gasteiger partial charge on any atom is 0.354 e. The standard InChI is InChI=1S/C58H76ClN7O11/c1-35(2)48(67)65-57(8,9)34-66(26-24-61-50(69)39-18-14-37(15-19-39)13-12-36(3)41-28-44(51(70)71)63-45(29-41)52(72)73)27-25-62-56(6,7)22-23-60-49(68)40-20-16-38(17-21-40)32-55(4,5)33-43(58(10,11)59)42-30-46(53(74)75)64-47(31-42)54(76)77/h14-21,28-31,36,43,62H,1,12-13,22-27,32-34H2,2-11H3,(H,60,68)(H,61,69)(H,65,67)(H,70,71)(H,72,73)(H,74,75)(H,76,77). The fourth-order valence-corrected chi connectivity index (χ4v) is 9.25. The van der Waals surface area contributed by atoms with Gasteiger partial charge in [-0.25, -0.2) is 29.1 Å². The van der Waals surface area contributed by atoms with Crippen LogP contribution in [0.4, 0.5) is 0 Å².